The first-order valence-electron chi connectivity index (χ1n) is 7.31. The summed E-state index contributed by atoms with van der Waals surface area (Å²) >= 11 is 0. The molecule has 1 N–H and O–H groups in total. The number of aliphatic hydroxyl groups excluding tert-OH is 1. The third-order valence-corrected chi connectivity index (χ3v) is 5.97. The van der Waals surface area contributed by atoms with Crippen molar-refractivity contribution >= 4 is 10.0 Å². The monoisotopic (exact) mass is 297 g/mol. The van der Waals surface area contributed by atoms with Crippen LogP contribution in [0.5, 0.6) is 0 Å². The molecular formula is C15H23NO3S. The van der Waals surface area contributed by atoms with Crippen LogP contribution >= 0.6 is 0 Å². The van der Waals surface area contributed by atoms with Crippen molar-refractivity contribution in [1.82, 2.24) is 4.31 Å². The van der Waals surface area contributed by atoms with E-state index >= 15 is 0 Å². The van der Waals surface area contributed by atoms with Crippen molar-refractivity contribution in [3.8, 4) is 0 Å². The molecule has 0 aromatic heterocycles. The van der Waals surface area contributed by atoms with E-state index in [1.54, 1.807) is 28.6 Å². The highest BCUT2D eigenvalue weighted by Gasteiger charge is 2.31. The Morgan fingerprint density at radius 1 is 1.20 bits per heavy atom. The van der Waals surface area contributed by atoms with E-state index in [2.05, 4.69) is 0 Å². The summed E-state index contributed by atoms with van der Waals surface area (Å²) in [5.74, 6) is 0. The van der Waals surface area contributed by atoms with Crippen molar-refractivity contribution < 1.29 is 13.5 Å². The Balaban J connectivity index is 2.30. The molecule has 1 atom stereocenters. The predicted molar refractivity (Wildman–Crippen MR) is 78.8 cm³/mol. The molecule has 4 nitrogen and oxygen atoms in total. The van der Waals surface area contributed by atoms with Crippen LogP contribution in [0.15, 0.2) is 29.2 Å². The maximum Gasteiger partial charge on any atom is 0.243 e. The highest BCUT2D eigenvalue weighted by atomic mass is 32.2. The number of benzene rings is 1. The van der Waals surface area contributed by atoms with Crippen molar-refractivity contribution in [1.29, 1.82) is 0 Å². The summed E-state index contributed by atoms with van der Waals surface area (Å²) in [4.78, 5) is 0.329. The fraction of sp³-hybridized carbons (Fsp3) is 0.600. The van der Waals surface area contributed by atoms with Crippen molar-refractivity contribution in [2.45, 2.75) is 56.6 Å². The van der Waals surface area contributed by atoms with Crippen LogP contribution in [0.4, 0.5) is 0 Å². The molecule has 1 heterocycles. The van der Waals surface area contributed by atoms with Gasteiger partial charge in [0.25, 0.3) is 0 Å². The highest BCUT2D eigenvalue weighted by Crippen LogP contribution is 2.26. The van der Waals surface area contributed by atoms with Crippen molar-refractivity contribution in [2.24, 2.45) is 0 Å². The largest absolute Gasteiger partial charge is 0.392 e. The third-order valence-electron chi connectivity index (χ3n) is 4.01. The molecule has 2 rings (SSSR count). The second-order valence-electron chi connectivity index (χ2n) is 5.33. The van der Waals surface area contributed by atoms with E-state index < -0.39 is 10.0 Å². The molecule has 5 heteroatoms. The number of hydrogen-bond acceptors (Lipinski definition) is 3. The first-order valence-corrected chi connectivity index (χ1v) is 8.75. The summed E-state index contributed by atoms with van der Waals surface area (Å²) in [6, 6.07) is 6.65. The van der Waals surface area contributed by atoms with Crippen LogP contribution in [-0.4, -0.2) is 30.4 Å². The fourth-order valence-electron chi connectivity index (χ4n) is 2.78. The zero-order chi connectivity index (χ0) is 14.6. The van der Waals surface area contributed by atoms with E-state index in [9.17, 15) is 8.42 Å². The molecule has 1 aliphatic rings. The summed E-state index contributed by atoms with van der Waals surface area (Å²) in [6.07, 6.45) is 4.95. The molecule has 112 valence electrons. The molecule has 1 saturated heterocycles. The van der Waals surface area contributed by atoms with Gasteiger partial charge in [-0.05, 0) is 37.0 Å². The van der Waals surface area contributed by atoms with Gasteiger partial charge in [-0.3, -0.25) is 0 Å². The van der Waals surface area contributed by atoms with Crippen molar-refractivity contribution in [3.05, 3.63) is 29.8 Å². The van der Waals surface area contributed by atoms with Gasteiger partial charge < -0.3 is 5.11 Å². The molecular weight excluding hydrogens is 274 g/mol. The molecule has 1 aromatic rings. The van der Waals surface area contributed by atoms with Gasteiger partial charge in [-0.2, -0.15) is 4.31 Å². The zero-order valence-electron chi connectivity index (χ0n) is 12.0. The number of rotatable bonds is 4. The second-order valence-corrected chi connectivity index (χ2v) is 7.22. The quantitative estimate of drug-likeness (QED) is 0.929. The zero-order valence-corrected chi connectivity index (χ0v) is 12.8. The number of sulfonamides is 1. The summed E-state index contributed by atoms with van der Waals surface area (Å²) in [7, 11) is -3.42. The van der Waals surface area contributed by atoms with Crippen LogP contribution in [0.25, 0.3) is 0 Å². The average molecular weight is 297 g/mol. The van der Waals surface area contributed by atoms with E-state index in [4.69, 9.17) is 5.11 Å². The van der Waals surface area contributed by atoms with Crippen LogP contribution in [0.2, 0.25) is 0 Å². The van der Waals surface area contributed by atoms with Gasteiger partial charge in [0, 0.05) is 12.6 Å². The van der Waals surface area contributed by atoms with Gasteiger partial charge >= 0.3 is 0 Å². The molecule has 0 radical (unpaired) electrons. The Kier molecular flexibility index (Phi) is 5.18. The fourth-order valence-corrected chi connectivity index (χ4v) is 4.54. The Labute approximate surface area is 121 Å². The minimum atomic E-state index is -3.42. The van der Waals surface area contributed by atoms with Gasteiger partial charge in [0.1, 0.15) is 0 Å². The molecule has 0 aliphatic carbocycles. The topological polar surface area (TPSA) is 57.6 Å². The number of nitrogens with zero attached hydrogens (tertiary/aromatic N) is 1. The standard InChI is InChI=1S/C15H23NO3S/c1-2-14-6-4-3-5-11-16(14)20(18,19)15-9-7-13(12-17)8-10-15/h7-10,14,17H,2-6,11-12H2,1H3. The number of hydrogen-bond donors (Lipinski definition) is 1. The maximum atomic E-state index is 12.8. The van der Waals surface area contributed by atoms with Gasteiger partial charge in [0.2, 0.25) is 10.0 Å². The van der Waals surface area contributed by atoms with E-state index in [-0.39, 0.29) is 12.6 Å². The Morgan fingerprint density at radius 2 is 1.90 bits per heavy atom. The first kappa shape index (κ1) is 15.5. The van der Waals surface area contributed by atoms with E-state index in [0.717, 1.165) is 37.7 Å². The lowest BCUT2D eigenvalue weighted by Crippen LogP contribution is -2.39. The number of aliphatic hydroxyl groups is 1. The van der Waals surface area contributed by atoms with E-state index in [0.29, 0.717) is 11.4 Å². The van der Waals surface area contributed by atoms with E-state index in [1.807, 2.05) is 6.92 Å². The van der Waals surface area contributed by atoms with Gasteiger partial charge in [-0.15, -0.1) is 0 Å². The first-order chi connectivity index (χ1) is 9.59. The molecule has 1 aliphatic heterocycles. The third kappa shape index (κ3) is 3.22. The minimum absolute atomic E-state index is 0.0678. The predicted octanol–water partition coefficient (Wildman–Crippen LogP) is 2.52. The van der Waals surface area contributed by atoms with Crippen molar-refractivity contribution in [3.63, 3.8) is 0 Å². The molecule has 0 amide bonds. The minimum Gasteiger partial charge on any atom is -0.392 e. The lowest BCUT2D eigenvalue weighted by atomic mass is 10.1. The lowest BCUT2D eigenvalue weighted by Gasteiger charge is -2.28. The molecule has 0 bridgehead atoms. The molecule has 1 aromatic carbocycles. The smallest absolute Gasteiger partial charge is 0.243 e. The molecule has 1 fully saturated rings. The van der Waals surface area contributed by atoms with Gasteiger partial charge in [0.15, 0.2) is 0 Å². The van der Waals surface area contributed by atoms with Crippen LogP contribution in [0, 0.1) is 0 Å². The summed E-state index contributed by atoms with van der Waals surface area (Å²) in [6.45, 7) is 2.59. The molecule has 0 spiro atoms. The average Bonchev–Trinajstić information content (AvgIpc) is 2.73. The van der Waals surface area contributed by atoms with Gasteiger partial charge in [-0.1, -0.05) is 31.9 Å². The maximum absolute atomic E-state index is 12.8. The SMILES string of the molecule is CCC1CCCCCN1S(=O)(=O)c1ccc(CO)cc1. The molecule has 20 heavy (non-hydrogen) atoms. The second kappa shape index (κ2) is 6.70. The Hall–Kier alpha value is -0.910. The van der Waals surface area contributed by atoms with Crippen molar-refractivity contribution in [2.75, 3.05) is 6.54 Å². The summed E-state index contributed by atoms with van der Waals surface area (Å²) in [5.41, 5.74) is 0.729. The molecule has 1 unspecified atom stereocenters. The van der Waals surface area contributed by atoms with Gasteiger partial charge in [0.05, 0.1) is 11.5 Å². The highest BCUT2D eigenvalue weighted by molar-refractivity contribution is 7.89. The lowest BCUT2D eigenvalue weighted by molar-refractivity contribution is 0.281. The van der Waals surface area contributed by atoms with E-state index in [1.165, 1.54) is 0 Å². The summed E-state index contributed by atoms with van der Waals surface area (Å²) < 4.78 is 27.2. The Morgan fingerprint density at radius 3 is 2.50 bits per heavy atom. The van der Waals surface area contributed by atoms with Crippen LogP contribution in [0.1, 0.15) is 44.6 Å². The Bertz CT molecular complexity index is 525. The van der Waals surface area contributed by atoms with Crippen LogP contribution < -0.4 is 0 Å². The normalized spacial score (nSPS) is 21.6. The van der Waals surface area contributed by atoms with Crippen LogP contribution in [-0.2, 0) is 16.6 Å². The van der Waals surface area contributed by atoms with Crippen LogP contribution in [0.3, 0.4) is 0 Å². The van der Waals surface area contributed by atoms with Gasteiger partial charge in [-0.25, -0.2) is 8.42 Å². The summed E-state index contributed by atoms with van der Waals surface area (Å²) in [5, 5.41) is 9.04. The molecule has 0 saturated carbocycles.